The van der Waals surface area contributed by atoms with E-state index in [0.717, 1.165) is 35.1 Å². The molecule has 1 aliphatic carbocycles. The monoisotopic (exact) mass is 340 g/mol. The summed E-state index contributed by atoms with van der Waals surface area (Å²) in [6.07, 6.45) is 9.92. The first-order chi connectivity index (χ1) is 9.63. The van der Waals surface area contributed by atoms with Crippen LogP contribution in [0.25, 0.3) is 0 Å². The van der Waals surface area contributed by atoms with E-state index in [9.17, 15) is 4.79 Å². The van der Waals surface area contributed by atoms with Gasteiger partial charge in [0.05, 0.1) is 15.9 Å². The van der Waals surface area contributed by atoms with Crippen LogP contribution in [-0.2, 0) is 24.7 Å². The molecule has 0 spiro atoms. The number of hydrogen-bond donors (Lipinski definition) is 0. The maximum atomic E-state index is 12.6. The molecule has 1 aliphatic rings. The van der Waals surface area contributed by atoms with Gasteiger partial charge in [-0.3, -0.25) is 9.48 Å². The quantitative estimate of drug-likeness (QED) is 0.822. The Hall–Kier alpha value is -0.640. The molecule has 3 nitrogen and oxygen atoms in total. The van der Waals surface area contributed by atoms with Gasteiger partial charge in [0.1, 0.15) is 5.78 Å². The molecule has 20 heavy (non-hydrogen) atoms. The standard InChI is InChI=1S/C16H25BrN2O/c1-3-13-16(17)14(19(2)18-13)11-15(20)12-9-7-5-4-6-8-10-12/h12H,3-11H2,1-2H3. The molecule has 1 heterocycles. The van der Waals surface area contributed by atoms with Gasteiger partial charge in [0.15, 0.2) is 0 Å². The lowest BCUT2D eigenvalue weighted by atomic mass is 9.86. The van der Waals surface area contributed by atoms with Crippen LogP contribution in [0.2, 0.25) is 0 Å². The minimum atomic E-state index is 0.266. The topological polar surface area (TPSA) is 34.9 Å². The molecule has 0 unspecified atom stereocenters. The molecule has 1 fully saturated rings. The summed E-state index contributed by atoms with van der Waals surface area (Å²) in [6.45, 7) is 2.09. The fourth-order valence-corrected chi connectivity index (χ4v) is 3.86. The Morgan fingerprint density at radius 3 is 2.40 bits per heavy atom. The van der Waals surface area contributed by atoms with Crippen molar-refractivity contribution in [3.8, 4) is 0 Å². The maximum absolute atomic E-state index is 12.6. The van der Waals surface area contributed by atoms with Crippen LogP contribution in [0.3, 0.4) is 0 Å². The Morgan fingerprint density at radius 1 is 1.25 bits per heavy atom. The molecule has 0 atom stereocenters. The highest BCUT2D eigenvalue weighted by atomic mass is 79.9. The fourth-order valence-electron chi connectivity index (χ4n) is 3.10. The van der Waals surface area contributed by atoms with E-state index in [1.807, 2.05) is 11.7 Å². The third kappa shape index (κ3) is 3.72. The Kier molecular flexibility index (Phi) is 5.82. The van der Waals surface area contributed by atoms with Crippen molar-refractivity contribution in [2.75, 3.05) is 0 Å². The van der Waals surface area contributed by atoms with Crippen molar-refractivity contribution in [1.82, 2.24) is 9.78 Å². The Bertz CT molecular complexity index is 459. The van der Waals surface area contributed by atoms with Crippen LogP contribution >= 0.6 is 15.9 Å². The number of hydrogen-bond acceptors (Lipinski definition) is 2. The first-order valence-corrected chi connectivity index (χ1v) is 8.65. The van der Waals surface area contributed by atoms with Crippen LogP contribution in [0.15, 0.2) is 4.47 Å². The van der Waals surface area contributed by atoms with E-state index in [-0.39, 0.29) is 5.92 Å². The molecule has 0 bridgehead atoms. The second kappa shape index (κ2) is 7.39. The van der Waals surface area contributed by atoms with E-state index < -0.39 is 0 Å². The number of ketones is 1. The predicted molar refractivity (Wildman–Crippen MR) is 84.8 cm³/mol. The Labute approximate surface area is 130 Å². The van der Waals surface area contributed by atoms with Crippen molar-refractivity contribution in [2.45, 2.75) is 64.7 Å². The average Bonchev–Trinajstić information content (AvgIpc) is 2.65. The third-order valence-electron chi connectivity index (χ3n) is 4.41. The lowest BCUT2D eigenvalue weighted by Gasteiger charge is -2.18. The molecular weight excluding hydrogens is 316 g/mol. The van der Waals surface area contributed by atoms with Crippen LogP contribution in [0.1, 0.15) is 63.3 Å². The second-order valence-electron chi connectivity index (χ2n) is 5.87. The van der Waals surface area contributed by atoms with Gasteiger partial charge in [-0.2, -0.15) is 5.10 Å². The molecular formula is C16H25BrN2O. The smallest absolute Gasteiger partial charge is 0.141 e. The van der Waals surface area contributed by atoms with Crippen molar-refractivity contribution in [3.05, 3.63) is 15.9 Å². The molecule has 1 saturated carbocycles. The highest BCUT2D eigenvalue weighted by Gasteiger charge is 2.22. The maximum Gasteiger partial charge on any atom is 0.141 e. The van der Waals surface area contributed by atoms with Gasteiger partial charge in [-0.25, -0.2) is 0 Å². The van der Waals surface area contributed by atoms with Crippen molar-refractivity contribution >= 4 is 21.7 Å². The van der Waals surface area contributed by atoms with E-state index in [2.05, 4.69) is 28.0 Å². The number of aromatic nitrogens is 2. The summed E-state index contributed by atoms with van der Waals surface area (Å²) in [5, 5.41) is 4.48. The second-order valence-corrected chi connectivity index (χ2v) is 6.66. The van der Waals surface area contributed by atoms with E-state index in [0.29, 0.717) is 12.2 Å². The summed E-state index contributed by atoms with van der Waals surface area (Å²) in [7, 11) is 1.94. The highest BCUT2D eigenvalue weighted by Crippen LogP contribution is 2.27. The number of nitrogens with zero attached hydrogens (tertiary/aromatic N) is 2. The Morgan fingerprint density at radius 2 is 1.85 bits per heavy atom. The number of carbonyl (C=O) groups excluding carboxylic acids is 1. The summed E-state index contributed by atoms with van der Waals surface area (Å²) in [4.78, 5) is 12.6. The van der Waals surface area contributed by atoms with Crippen LogP contribution in [0.4, 0.5) is 0 Å². The van der Waals surface area contributed by atoms with Crippen molar-refractivity contribution in [1.29, 1.82) is 0 Å². The molecule has 0 amide bonds. The molecule has 4 heteroatoms. The summed E-state index contributed by atoms with van der Waals surface area (Å²) in [5.74, 6) is 0.667. The van der Waals surface area contributed by atoms with Gasteiger partial charge in [0.25, 0.3) is 0 Å². The van der Waals surface area contributed by atoms with Gasteiger partial charge < -0.3 is 0 Å². The highest BCUT2D eigenvalue weighted by molar-refractivity contribution is 9.10. The molecule has 0 aromatic carbocycles. The molecule has 0 saturated heterocycles. The SMILES string of the molecule is CCc1nn(C)c(CC(=O)C2CCCCCCC2)c1Br. The normalized spacial score (nSPS) is 17.8. The first-order valence-electron chi connectivity index (χ1n) is 7.86. The van der Waals surface area contributed by atoms with Crippen LogP contribution in [-0.4, -0.2) is 15.6 Å². The first kappa shape index (κ1) is 15.7. The largest absolute Gasteiger partial charge is 0.299 e. The summed E-state index contributed by atoms with van der Waals surface area (Å²) < 4.78 is 2.89. The van der Waals surface area contributed by atoms with Gasteiger partial charge in [-0.1, -0.05) is 39.0 Å². The number of Topliss-reactive ketones (excluding diaryl/α,β-unsaturated/α-hetero) is 1. The summed E-state index contributed by atoms with van der Waals surface area (Å²) in [5.41, 5.74) is 2.09. The number of rotatable bonds is 4. The van der Waals surface area contributed by atoms with Gasteiger partial charge in [0.2, 0.25) is 0 Å². The molecule has 0 radical (unpaired) electrons. The van der Waals surface area contributed by atoms with Crippen molar-refractivity contribution in [2.24, 2.45) is 13.0 Å². The zero-order valence-corrected chi connectivity index (χ0v) is 14.2. The molecule has 0 N–H and O–H groups in total. The van der Waals surface area contributed by atoms with E-state index >= 15 is 0 Å². The molecule has 1 aromatic rings. The van der Waals surface area contributed by atoms with Gasteiger partial charge in [-0.05, 0) is 35.2 Å². The van der Waals surface area contributed by atoms with Crippen LogP contribution in [0.5, 0.6) is 0 Å². The summed E-state index contributed by atoms with van der Waals surface area (Å²) in [6, 6.07) is 0. The lowest BCUT2D eigenvalue weighted by Crippen LogP contribution is -2.19. The molecule has 1 aromatic heterocycles. The zero-order valence-electron chi connectivity index (χ0n) is 12.6. The van der Waals surface area contributed by atoms with Gasteiger partial charge in [0, 0.05) is 19.4 Å². The van der Waals surface area contributed by atoms with Gasteiger partial charge in [-0.15, -0.1) is 0 Å². The molecule has 0 aliphatic heterocycles. The predicted octanol–water partition coefficient (Wildman–Crippen LogP) is 4.22. The minimum absolute atomic E-state index is 0.266. The van der Waals surface area contributed by atoms with E-state index in [1.165, 1.54) is 32.1 Å². The lowest BCUT2D eigenvalue weighted by molar-refractivity contribution is -0.122. The molecule has 2 rings (SSSR count). The summed E-state index contributed by atoms with van der Waals surface area (Å²) >= 11 is 3.61. The van der Waals surface area contributed by atoms with Crippen molar-refractivity contribution in [3.63, 3.8) is 0 Å². The Balaban J connectivity index is 2.04. The fraction of sp³-hybridized carbons (Fsp3) is 0.750. The molecule has 112 valence electrons. The van der Waals surface area contributed by atoms with Gasteiger partial charge >= 0.3 is 0 Å². The van der Waals surface area contributed by atoms with Crippen LogP contribution in [0, 0.1) is 5.92 Å². The van der Waals surface area contributed by atoms with Crippen LogP contribution < -0.4 is 0 Å². The number of aryl methyl sites for hydroxylation is 2. The zero-order chi connectivity index (χ0) is 14.5. The number of halogens is 1. The minimum Gasteiger partial charge on any atom is -0.299 e. The third-order valence-corrected chi connectivity index (χ3v) is 5.32. The van der Waals surface area contributed by atoms with E-state index in [1.54, 1.807) is 0 Å². The van der Waals surface area contributed by atoms with Crippen molar-refractivity contribution < 1.29 is 4.79 Å². The average molecular weight is 341 g/mol. The number of carbonyl (C=O) groups is 1. The van der Waals surface area contributed by atoms with E-state index in [4.69, 9.17) is 0 Å².